The van der Waals surface area contributed by atoms with E-state index in [4.69, 9.17) is 0 Å². The van der Waals surface area contributed by atoms with Crippen LogP contribution in [0.15, 0.2) is 35.1 Å². The van der Waals surface area contributed by atoms with Crippen LogP contribution >= 0.6 is 0 Å². The first-order valence-electron chi connectivity index (χ1n) is 8.84. The summed E-state index contributed by atoms with van der Waals surface area (Å²) in [6.45, 7) is 0.469. The highest BCUT2D eigenvalue weighted by molar-refractivity contribution is 6.06. The predicted molar refractivity (Wildman–Crippen MR) is 96.7 cm³/mol. The number of carbonyl (C=O) groups excluding carboxylic acids is 1. The van der Waals surface area contributed by atoms with Crippen molar-refractivity contribution < 1.29 is 23.1 Å². The first-order valence-corrected chi connectivity index (χ1v) is 8.84. The van der Waals surface area contributed by atoms with Crippen molar-refractivity contribution in [1.29, 1.82) is 0 Å². The number of nitrogens with zero attached hydrogens (tertiary/aromatic N) is 3. The number of aromatic nitrogens is 3. The Balaban J connectivity index is 1.70. The van der Waals surface area contributed by atoms with E-state index in [9.17, 15) is 27.9 Å². The molecular formula is C19H15F3N4O3. The Kier molecular flexibility index (Phi) is 4.61. The minimum atomic E-state index is -1.12. The van der Waals surface area contributed by atoms with Crippen LogP contribution in [0.2, 0.25) is 0 Å². The first-order chi connectivity index (χ1) is 13.9. The van der Waals surface area contributed by atoms with Gasteiger partial charge in [0, 0.05) is 19.0 Å². The van der Waals surface area contributed by atoms with Gasteiger partial charge in [-0.3, -0.25) is 9.36 Å². The molecule has 0 aliphatic carbocycles. The minimum Gasteiger partial charge on any atom is -0.507 e. The topological polar surface area (TPSA) is 89.2 Å². The van der Waals surface area contributed by atoms with Gasteiger partial charge in [0.15, 0.2) is 0 Å². The van der Waals surface area contributed by atoms with Crippen molar-refractivity contribution in [2.75, 3.05) is 5.32 Å². The van der Waals surface area contributed by atoms with Crippen molar-refractivity contribution >= 4 is 11.6 Å². The quantitative estimate of drug-likeness (QED) is 0.703. The second-order valence-corrected chi connectivity index (χ2v) is 6.59. The number of anilines is 1. The highest BCUT2D eigenvalue weighted by Gasteiger charge is 2.23. The van der Waals surface area contributed by atoms with Gasteiger partial charge in [-0.25, -0.2) is 18.0 Å². The zero-order chi connectivity index (χ0) is 20.7. The fourth-order valence-corrected chi connectivity index (χ4v) is 3.25. The summed E-state index contributed by atoms with van der Waals surface area (Å²) in [5.41, 5.74) is -2.16. The number of carbonyl (C=O) groups is 1. The molecule has 0 unspecified atom stereocenters. The summed E-state index contributed by atoms with van der Waals surface area (Å²) >= 11 is 0. The fraction of sp³-hybridized carbons (Fsp3) is 0.211. The van der Waals surface area contributed by atoms with E-state index < -0.39 is 46.0 Å². The molecule has 0 radical (unpaired) electrons. The highest BCUT2D eigenvalue weighted by Crippen LogP contribution is 2.26. The van der Waals surface area contributed by atoms with Gasteiger partial charge in [-0.1, -0.05) is 6.07 Å². The molecule has 29 heavy (non-hydrogen) atoms. The van der Waals surface area contributed by atoms with Gasteiger partial charge in [0.25, 0.3) is 5.91 Å². The number of halogens is 3. The number of rotatable bonds is 3. The van der Waals surface area contributed by atoms with Crippen LogP contribution in [0, 0.1) is 17.5 Å². The van der Waals surface area contributed by atoms with E-state index in [1.807, 2.05) is 5.32 Å². The summed E-state index contributed by atoms with van der Waals surface area (Å²) in [5.74, 6) is -4.33. The minimum absolute atomic E-state index is 0.331. The molecule has 3 aromatic rings. The maximum atomic E-state index is 14.7. The third-order valence-electron chi connectivity index (χ3n) is 4.71. The van der Waals surface area contributed by atoms with Crippen LogP contribution in [-0.4, -0.2) is 25.4 Å². The molecule has 0 atom stereocenters. The molecule has 0 fully saturated rings. The van der Waals surface area contributed by atoms with E-state index in [2.05, 4.69) is 5.10 Å². The number of hydrogen-bond donors (Lipinski definition) is 2. The monoisotopic (exact) mass is 404 g/mol. The molecule has 0 saturated carbocycles. The van der Waals surface area contributed by atoms with Gasteiger partial charge in [0.1, 0.15) is 40.4 Å². The molecule has 1 amide bonds. The Bertz CT molecular complexity index is 1170. The molecule has 4 rings (SSSR count). The van der Waals surface area contributed by atoms with Crippen LogP contribution in [0.3, 0.4) is 0 Å². The number of para-hydroxylation sites is 1. The summed E-state index contributed by atoms with van der Waals surface area (Å²) in [5, 5.41) is 16.3. The van der Waals surface area contributed by atoms with Crippen LogP contribution < -0.4 is 11.0 Å². The Morgan fingerprint density at radius 2 is 1.83 bits per heavy atom. The lowest BCUT2D eigenvalue weighted by Gasteiger charge is -2.10. The second-order valence-electron chi connectivity index (χ2n) is 6.59. The maximum Gasteiger partial charge on any atom is 0.350 e. The van der Waals surface area contributed by atoms with Crippen LogP contribution in [0.4, 0.5) is 18.9 Å². The number of nitrogens with one attached hydrogen (secondary N) is 1. The molecule has 2 heterocycles. The molecule has 1 aliphatic heterocycles. The molecule has 1 aromatic heterocycles. The third-order valence-corrected chi connectivity index (χ3v) is 4.71. The van der Waals surface area contributed by atoms with Crippen LogP contribution in [0.1, 0.15) is 29.0 Å². The van der Waals surface area contributed by atoms with Gasteiger partial charge in [-0.15, -0.1) is 5.10 Å². The zero-order valence-corrected chi connectivity index (χ0v) is 15.0. The smallest absolute Gasteiger partial charge is 0.350 e. The normalized spacial score (nSPS) is 13.2. The SMILES string of the molecule is O=C(Nc1c(F)cccc1F)c1cc(F)c(-n2nc3n(c2=O)CCCC3)cc1O. The van der Waals surface area contributed by atoms with Crippen LogP contribution in [0.5, 0.6) is 5.75 Å². The lowest BCUT2D eigenvalue weighted by atomic mass is 10.1. The number of phenols is 1. The summed E-state index contributed by atoms with van der Waals surface area (Å²) in [6, 6.07) is 4.56. The van der Waals surface area contributed by atoms with Gasteiger partial charge in [-0.2, -0.15) is 4.68 Å². The Morgan fingerprint density at radius 1 is 1.10 bits per heavy atom. The molecule has 1 aliphatic rings. The number of fused-ring (bicyclic) bond motifs is 1. The molecule has 0 spiro atoms. The van der Waals surface area contributed by atoms with E-state index in [1.165, 1.54) is 4.57 Å². The van der Waals surface area contributed by atoms with Crippen molar-refractivity contribution in [3.63, 3.8) is 0 Å². The van der Waals surface area contributed by atoms with Gasteiger partial charge in [-0.05, 0) is 31.0 Å². The molecule has 2 N–H and O–H groups in total. The summed E-state index contributed by atoms with van der Waals surface area (Å²) in [6.07, 6.45) is 2.23. The number of aryl methyl sites for hydroxylation is 1. The average Bonchev–Trinajstić information content (AvgIpc) is 3.03. The molecule has 150 valence electrons. The predicted octanol–water partition coefficient (Wildman–Crippen LogP) is 2.75. The van der Waals surface area contributed by atoms with Gasteiger partial charge >= 0.3 is 5.69 Å². The van der Waals surface area contributed by atoms with Crippen molar-refractivity contribution in [3.05, 3.63) is 69.7 Å². The fourth-order valence-electron chi connectivity index (χ4n) is 3.25. The van der Waals surface area contributed by atoms with E-state index in [-0.39, 0.29) is 5.69 Å². The standard InChI is InChI=1S/C19H15F3N4O3/c20-11-4-3-5-12(21)17(11)23-18(28)10-8-13(22)14(9-15(10)27)26-19(29)25-7-2-1-6-16(25)24-26/h3-5,8-9,27H,1-2,6-7H2,(H,23,28). The molecule has 7 nitrogen and oxygen atoms in total. The Morgan fingerprint density at radius 3 is 2.52 bits per heavy atom. The number of hydrogen-bond acceptors (Lipinski definition) is 4. The number of amides is 1. The van der Waals surface area contributed by atoms with Crippen molar-refractivity contribution in [2.24, 2.45) is 0 Å². The summed E-state index contributed by atoms with van der Waals surface area (Å²) in [4.78, 5) is 24.8. The van der Waals surface area contributed by atoms with E-state index in [0.717, 1.165) is 41.8 Å². The second kappa shape index (κ2) is 7.12. The van der Waals surface area contributed by atoms with Crippen LogP contribution in [0.25, 0.3) is 5.69 Å². The van der Waals surface area contributed by atoms with Crippen molar-refractivity contribution in [1.82, 2.24) is 14.3 Å². The van der Waals surface area contributed by atoms with Crippen molar-refractivity contribution in [3.8, 4) is 11.4 Å². The Labute approximate surface area is 162 Å². The van der Waals surface area contributed by atoms with Crippen LogP contribution in [-0.2, 0) is 13.0 Å². The molecule has 10 heteroatoms. The molecule has 2 aromatic carbocycles. The number of phenolic OH excluding ortho intramolecular Hbond substituents is 1. The first kappa shape index (κ1) is 18.8. The average molecular weight is 404 g/mol. The maximum absolute atomic E-state index is 14.7. The largest absolute Gasteiger partial charge is 0.507 e. The lowest BCUT2D eigenvalue weighted by Crippen LogP contribution is -2.26. The van der Waals surface area contributed by atoms with E-state index in [0.29, 0.717) is 24.9 Å². The van der Waals surface area contributed by atoms with Gasteiger partial charge < -0.3 is 10.4 Å². The molecular weight excluding hydrogens is 389 g/mol. The highest BCUT2D eigenvalue weighted by atomic mass is 19.1. The Hall–Kier alpha value is -3.56. The van der Waals surface area contributed by atoms with Gasteiger partial charge in [0.2, 0.25) is 0 Å². The van der Waals surface area contributed by atoms with E-state index in [1.54, 1.807) is 0 Å². The lowest BCUT2D eigenvalue weighted by molar-refractivity contribution is 0.102. The summed E-state index contributed by atoms with van der Waals surface area (Å²) in [7, 11) is 0. The molecule has 0 saturated heterocycles. The van der Waals surface area contributed by atoms with E-state index >= 15 is 0 Å². The third kappa shape index (κ3) is 3.26. The number of aromatic hydroxyl groups is 1. The zero-order valence-electron chi connectivity index (χ0n) is 15.0. The van der Waals surface area contributed by atoms with Gasteiger partial charge in [0.05, 0.1) is 5.56 Å². The molecule has 0 bridgehead atoms. The number of benzene rings is 2. The summed E-state index contributed by atoms with van der Waals surface area (Å²) < 4.78 is 44.3. The van der Waals surface area contributed by atoms with Crippen molar-refractivity contribution in [2.45, 2.75) is 25.8 Å².